The number of carbonyl (C=O) groups excluding carboxylic acids is 2. The Balaban J connectivity index is 0.000000231. The summed E-state index contributed by atoms with van der Waals surface area (Å²) in [6.07, 6.45) is 4.94. The van der Waals surface area contributed by atoms with Gasteiger partial charge >= 0.3 is 0 Å². The lowest BCUT2D eigenvalue weighted by atomic mass is 9.81. The van der Waals surface area contributed by atoms with E-state index < -0.39 is 5.60 Å². The summed E-state index contributed by atoms with van der Waals surface area (Å²) < 4.78 is 10.8. The lowest BCUT2D eigenvalue weighted by molar-refractivity contribution is 0.00383. The van der Waals surface area contributed by atoms with E-state index in [4.69, 9.17) is 9.47 Å². The van der Waals surface area contributed by atoms with Crippen LogP contribution in [0.5, 0.6) is 5.75 Å². The van der Waals surface area contributed by atoms with Crippen LogP contribution in [0, 0.1) is 0 Å². The zero-order valence-corrected chi connectivity index (χ0v) is 21.3. The third kappa shape index (κ3) is 6.71. The average molecular weight is 498 g/mol. The van der Waals surface area contributed by atoms with Crippen LogP contribution in [-0.4, -0.2) is 46.3 Å². The van der Waals surface area contributed by atoms with Crippen LogP contribution in [0.1, 0.15) is 46.9 Å². The number of ether oxygens (including phenoxy) is 2. The minimum absolute atomic E-state index is 0.275. The van der Waals surface area contributed by atoms with Crippen molar-refractivity contribution in [1.29, 1.82) is 0 Å². The highest BCUT2D eigenvalue weighted by molar-refractivity contribution is 6.22. The van der Waals surface area contributed by atoms with Gasteiger partial charge in [-0.25, -0.2) is 15.0 Å². The van der Waals surface area contributed by atoms with Gasteiger partial charge < -0.3 is 9.47 Å². The molecule has 0 aliphatic rings. The van der Waals surface area contributed by atoms with Crippen molar-refractivity contribution in [2.45, 2.75) is 31.8 Å². The summed E-state index contributed by atoms with van der Waals surface area (Å²) in [5.41, 5.74) is 0.403. The lowest BCUT2D eigenvalue weighted by Crippen LogP contribution is -2.48. The molecule has 4 rings (SSSR count). The summed E-state index contributed by atoms with van der Waals surface area (Å²) in [6.45, 7) is 2.03. The summed E-state index contributed by atoms with van der Waals surface area (Å²) in [7, 11) is 3.07. The van der Waals surface area contributed by atoms with Gasteiger partial charge in [0.2, 0.25) is 11.6 Å². The topological polar surface area (TPSA) is 91.3 Å². The van der Waals surface area contributed by atoms with E-state index in [2.05, 4.69) is 15.0 Å². The predicted molar refractivity (Wildman–Crippen MR) is 143 cm³/mol. The average Bonchev–Trinajstić information content (AvgIpc) is 2.99. The second-order valence-electron chi connectivity index (χ2n) is 8.19. The fourth-order valence-corrected chi connectivity index (χ4v) is 3.90. The van der Waals surface area contributed by atoms with Gasteiger partial charge in [-0.2, -0.15) is 0 Å². The largest absolute Gasteiger partial charge is 0.496 e. The molecule has 0 spiro atoms. The Labute approximate surface area is 217 Å². The van der Waals surface area contributed by atoms with Crippen molar-refractivity contribution in [1.82, 2.24) is 15.0 Å². The molecule has 1 aromatic heterocycles. The van der Waals surface area contributed by atoms with Crippen molar-refractivity contribution >= 4 is 11.6 Å². The van der Waals surface area contributed by atoms with Crippen molar-refractivity contribution in [3.63, 3.8) is 0 Å². The number of ketones is 2. The molecular weight excluding hydrogens is 466 g/mol. The SMILES string of the molecule is CCCCC(OC)(C(=O)c1ccccc1)C(=O)c1ccccc1.COc1ccccc1-c1ncncn1. The summed E-state index contributed by atoms with van der Waals surface area (Å²) >= 11 is 0. The van der Waals surface area contributed by atoms with E-state index in [-0.39, 0.29) is 11.6 Å². The molecule has 7 nitrogen and oxygen atoms in total. The van der Waals surface area contributed by atoms with Gasteiger partial charge in [0.15, 0.2) is 11.4 Å². The van der Waals surface area contributed by atoms with Crippen LogP contribution in [0.4, 0.5) is 0 Å². The van der Waals surface area contributed by atoms with Gasteiger partial charge in [0.05, 0.1) is 12.7 Å². The maximum absolute atomic E-state index is 13.1. The first kappa shape index (κ1) is 27.4. The van der Waals surface area contributed by atoms with Gasteiger partial charge in [0.1, 0.15) is 18.4 Å². The molecule has 0 bridgehead atoms. The van der Waals surface area contributed by atoms with Crippen LogP contribution in [0.25, 0.3) is 11.4 Å². The Morgan fingerprint density at radius 2 is 1.27 bits per heavy atom. The number of Topliss-reactive ketones (excluding diaryl/α,β-unsaturated/α-hetero) is 2. The maximum atomic E-state index is 13.1. The number of rotatable bonds is 10. The number of hydrogen-bond acceptors (Lipinski definition) is 7. The van der Waals surface area contributed by atoms with Gasteiger partial charge in [-0.15, -0.1) is 0 Å². The number of unbranched alkanes of at least 4 members (excludes halogenated alkanes) is 1. The number of benzene rings is 3. The van der Waals surface area contributed by atoms with Crippen LogP contribution < -0.4 is 4.74 Å². The van der Waals surface area contributed by atoms with Crippen LogP contribution in [0.3, 0.4) is 0 Å². The second kappa shape index (κ2) is 13.8. The molecule has 0 radical (unpaired) electrons. The zero-order chi connectivity index (χ0) is 26.5. The molecule has 4 aromatic rings. The van der Waals surface area contributed by atoms with Gasteiger partial charge in [-0.05, 0) is 25.0 Å². The maximum Gasteiger partial charge on any atom is 0.202 e. The first-order valence-electron chi connectivity index (χ1n) is 12.1. The molecule has 0 saturated carbocycles. The van der Waals surface area contributed by atoms with E-state index in [1.165, 1.54) is 19.8 Å². The standard InChI is InChI=1S/C20H22O3.C10H9N3O/c1-3-4-15-20(23-2,18(21)16-11-7-5-8-12-16)19(22)17-13-9-6-10-14-17;1-14-9-5-3-2-4-8(9)10-12-6-11-7-13-10/h5-14H,3-4,15H2,1-2H3;2-7H,1H3. The van der Waals surface area contributed by atoms with Gasteiger partial charge in [-0.1, -0.05) is 86.1 Å². The predicted octanol–water partition coefficient (Wildman–Crippen LogP) is 5.87. The lowest BCUT2D eigenvalue weighted by Gasteiger charge is -2.29. The van der Waals surface area contributed by atoms with Crippen LogP contribution in [0.2, 0.25) is 0 Å². The summed E-state index contributed by atoms with van der Waals surface area (Å²) in [4.78, 5) is 38.0. The molecule has 37 heavy (non-hydrogen) atoms. The highest BCUT2D eigenvalue weighted by atomic mass is 16.5. The third-order valence-electron chi connectivity index (χ3n) is 5.88. The zero-order valence-electron chi connectivity index (χ0n) is 21.3. The molecule has 1 heterocycles. The molecular formula is C30H31N3O4. The second-order valence-corrected chi connectivity index (χ2v) is 8.19. The molecule has 0 aliphatic heterocycles. The van der Waals surface area contributed by atoms with E-state index in [1.54, 1.807) is 55.6 Å². The highest BCUT2D eigenvalue weighted by Gasteiger charge is 2.46. The first-order valence-corrected chi connectivity index (χ1v) is 12.1. The number of aromatic nitrogens is 3. The quantitative estimate of drug-likeness (QED) is 0.200. The Bertz CT molecular complexity index is 1210. The van der Waals surface area contributed by atoms with Gasteiger partial charge in [-0.3, -0.25) is 9.59 Å². The molecule has 0 fully saturated rings. The Kier molecular flexibility index (Phi) is 10.2. The number of para-hydroxylation sites is 1. The number of nitrogens with zero attached hydrogens (tertiary/aromatic N) is 3. The first-order chi connectivity index (χ1) is 18.1. The van der Waals surface area contributed by atoms with Crippen LogP contribution >= 0.6 is 0 Å². The van der Waals surface area contributed by atoms with Gasteiger partial charge in [0.25, 0.3) is 0 Å². The number of hydrogen-bond donors (Lipinski definition) is 0. The molecule has 0 N–H and O–H groups in total. The molecule has 0 aliphatic carbocycles. The third-order valence-corrected chi connectivity index (χ3v) is 5.88. The van der Waals surface area contributed by atoms with Crippen molar-refractivity contribution in [3.05, 3.63) is 109 Å². The fourth-order valence-electron chi connectivity index (χ4n) is 3.90. The fraction of sp³-hybridized carbons (Fsp3) is 0.233. The van der Waals surface area contributed by atoms with Crippen LogP contribution in [-0.2, 0) is 4.74 Å². The van der Waals surface area contributed by atoms with E-state index in [0.717, 1.165) is 24.2 Å². The summed E-state index contributed by atoms with van der Waals surface area (Å²) in [5, 5.41) is 0. The van der Waals surface area contributed by atoms with Gasteiger partial charge in [0, 0.05) is 18.2 Å². The molecule has 7 heteroatoms. The van der Waals surface area contributed by atoms with E-state index in [1.807, 2.05) is 43.3 Å². The number of methoxy groups -OCH3 is 2. The van der Waals surface area contributed by atoms with E-state index in [0.29, 0.717) is 23.4 Å². The monoisotopic (exact) mass is 497 g/mol. The molecule has 0 saturated heterocycles. The van der Waals surface area contributed by atoms with E-state index in [9.17, 15) is 9.59 Å². The smallest absolute Gasteiger partial charge is 0.202 e. The van der Waals surface area contributed by atoms with Crippen molar-refractivity contribution in [2.24, 2.45) is 0 Å². The summed E-state index contributed by atoms with van der Waals surface area (Å²) in [5.74, 6) is 0.835. The van der Waals surface area contributed by atoms with Crippen molar-refractivity contribution in [2.75, 3.05) is 14.2 Å². The molecule has 190 valence electrons. The summed E-state index contributed by atoms with van der Waals surface area (Å²) in [6, 6.07) is 25.4. The Hall–Kier alpha value is -4.23. The minimum Gasteiger partial charge on any atom is -0.496 e. The van der Waals surface area contributed by atoms with Crippen molar-refractivity contribution < 1.29 is 19.1 Å². The highest BCUT2D eigenvalue weighted by Crippen LogP contribution is 2.29. The molecule has 3 aromatic carbocycles. The number of carbonyl (C=O) groups is 2. The molecule has 0 unspecified atom stereocenters. The van der Waals surface area contributed by atoms with E-state index >= 15 is 0 Å². The Morgan fingerprint density at radius 1 is 0.757 bits per heavy atom. The normalized spacial score (nSPS) is 10.7. The molecule has 0 atom stereocenters. The van der Waals surface area contributed by atoms with Crippen molar-refractivity contribution in [3.8, 4) is 17.1 Å². The molecule has 0 amide bonds. The minimum atomic E-state index is -1.46. The Morgan fingerprint density at radius 3 is 1.76 bits per heavy atom. The van der Waals surface area contributed by atoms with Crippen LogP contribution in [0.15, 0.2) is 97.6 Å².